The number of halogens is 6. The van der Waals surface area contributed by atoms with Crippen LogP contribution in [0.5, 0.6) is 0 Å². The predicted molar refractivity (Wildman–Crippen MR) is 119 cm³/mol. The standard InChI is InChI=1S/C22H40Cl3F3/c1-2-3-4-5-11-14-17-20(22(23,24)25)18-15-12-9-7-6-8-10-13-16-19-21(26,27)28/h20H,2-19H2,1H3. The van der Waals surface area contributed by atoms with Crippen LogP contribution in [0.4, 0.5) is 13.2 Å². The molecule has 170 valence electrons. The Bertz CT molecular complexity index is 341. The molecule has 0 amide bonds. The lowest BCUT2D eigenvalue weighted by atomic mass is 9.95. The second-order valence-electron chi connectivity index (χ2n) is 8.13. The first-order valence-electron chi connectivity index (χ1n) is 11.3. The van der Waals surface area contributed by atoms with Crippen molar-refractivity contribution < 1.29 is 13.2 Å². The molecule has 0 bridgehead atoms. The van der Waals surface area contributed by atoms with Crippen LogP contribution < -0.4 is 0 Å². The van der Waals surface area contributed by atoms with E-state index in [-0.39, 0.29) is 12.3 Å². The molecule has 1 atom stereocenters. The Hall–Kier alpha value is 0.660. The Morgan fingerprint density at radius 1 is 0.571 bits per heavy atom. The van der Waals surface area contributed by atoms with Crippen LogP contribution in [-0.2, 0) is 0 Å². The van der Waals surface area contributed by atoms with Crippen LogP contribution in [0.2, 0.25) is 0 Å². The summed E-state index contributed by atoms with van der Waals surface area (Å²) in [5.41, 5.74) is 0. The van der Waals surface area contributed by atoms with Crippen molar-refractivity contribution in [1.82, 2.24) is 0 Å². The highest BCUT2D eigenvalue weighted by atomic mass is 35.6. The number of unbranched alkanes of at least 4 members (excludes halogenated alkanes) is 13. The van der Waals surface area contributed by atoms with Crippen LogP contribution in [0, 0.1) is 5.92 Å². The molecule has 1 unspecified atom stereocenters. The van der Waals surface area contributed by atoms with Crippen LogP contribution in [0.1, 0.15) is 122 Å². The van der Waals surface area contributed by atoms with E-state index >= 15 is 0 Å². The fourth-order valence-electron chi connectivity index (χ4n) is 3.60. The molecule has 0 aromatic carbocycles. The summed E-state index contributed by atoms with van der Waals surface area (Å²) in [7, 11) is 0. The normalized spacial score (nSPS) is 13.8. The summed E-state index contributed by atoms with van der Waals surface area (Å²) >= 11 is 18.5. The highest BCUT2D eigenvalue weighted by Crippen LogP contribution is 2.41. The minimum absolute atomic E-state index is 0.136. The van der Waals surface area contributed by atoms with E-state index in [0.29, 0.717) is 6.42 Å². The second kappa shape index (κ2) is 17.4. The number of hydrogen-bond acceptors (Lipinski definition) is 0. The van der Waals surface area contributed by atoms with E-state index in [0.717, 1.165) is 64.2 Å². The van der Waals surface area contributed by atoms with E-state index < -0.39 is 16.4 Å². The maximum absolute atomic E-state index is 12.0. The first-order chi connectivity index (χ1) is 13.2. The molecule has 0 aliphatic rings. The maximum atomic E-state index is 12.0. The molecule has 0 aromatic heterocycles. The van der Waals surface area contributed by atoms with Gasteiger partial charge in [0.15, 0.2) is 3.79 Å². The van der Waals surface area contributed by atoms with Gasteiger partial charge < -0.3 is 0 Å². The molecule has 0 spiro atoms. The van der Waals surface area contributed by atoms with Gasteiger partial charge in [0.25, 0.3) is 0 Å². The van der Waals surface area contributed by atoms with E-state index in [1.165, 1.54) is 32.1 Å². The lowest BCUT2D eigenvalue weighted by Crippen LogP contribution is -2.19. The van der Waals surface area contributed by atoms with E-state index in [2.05, 4.69) is 6.92 Å². The Kier molecular flexibility index (Phi) is 17.8. The van der Waals surface area contributed by atoms with Crippen molar-refractivity contribution >= 4 is 34.8 Å². The third-order valence-corrected chi connectivity index (χ3v) is 6.31. The molecule has 0 saturated carbocycles. The monoisotopic (exact) mass is 466 g/mol. The Balaban J connectivity index is 3.61. The molecule has 0 N–H and O–H groups in total. The van der Waals surface area contributed by atoms with E-state index in [9.17, 15) is 13.2 Å². The molecule has 0 heterocycles. The Morgan fingerprint density at radius 2 is 0.929 bits per heavy atom. The van der Waals surface area contributed by atoms with Crippen LogP contribution in [0.15, 0.2) is 0 Å². The molecule has 0 aromatic rings. The molecule has 0 nitrogen and oxygen atoms in total. The summed E-state index contributed by atoms with van der Waals surface area (Å²) in [4.78, 5) is 0. The van der Waals surface area contributed by atoms with Crippen molar-refractivity contribution in [2.45, 2.75) is 132 Å². The molecule has 0 rings (SSSR count). The fourth-order valence-corrected chi connectivity index (χ4v) is 4.25. The number of alkyl halides is 6. The van der Waals surface area contributed by atoms with Gasteiger partial charge in [0.1, 0.15) is 0 Å². The fraction of sp³-hybridized carbons (Fsp3) is 1.00. The van der Waals surface area contributed by atoms with Crippen LogP contribution >= 0.6 is 34.8 Å². The van der Waals surface area contributed by atoms with Gasteiger partial charge in [0.2, 0.25) is 0 Å². The van der Waals surface area contributed by atoms with Crippen molar-refractivity contribution in [2.24, 2.45) is 5.92 Å². The molecule has 0 aliphatic heterocycles. The van der Waals surface area contributed by atoms with Gasteiger partial charge in [-0.3, -0.25) is 0 Å². The van der Waals surface area contributed by atoms with Gasteiger partial charge >= 0.3 is 6.18 Å². The summed E-state index contributed by atoms with van der Waals surface area (Å²) in [6.07, 6.45) is 13.3. The molecular weight excluding hydrogens is 428 g/mol. The van der Waals surface area contributed by atoms with Crippen LogP contribution in [0.3, 0.4) is 0 Å². The SMILES string of the molecule is CCCCCCCCC(CCCCCCCCCCCC(F)(F)F)C(Cl)(Cl)Cl. The zero-order valence-electron chi connectivity index (χ0n) is 17.6. The molecule has 0 aliphatic carbocycles. The summed E-state index contributed by atoms with van der Waals surface area (Å²) < 4.78 is 35.0. The van der Waals surface area contributed by atoms with E-state index in [4.69, 9.17) is 34.8 Å². The van der Waals surface area contributed by atoms with Gasteiger partial charge in [-0.25, -0.2) is 0 Å². The quantitative estimate of drug-likeness (QED) is 0.139. The first kappa shape index (κ1) is 28.7. The summed E-state index contributed by atoms with van der Waals surface area (Å²) in [5.74, 6) is 0.136. The zero-order chi connectivity index (χ0) is 21.3. The largest absolute Gasteiger partial charge is 0.389 e. The van der Waals surface area contributed by atoms with Gasteiger partial charge in [-0.15, -0.1) is 0 Å². The summed E-state index contributed by atoms with van der Waals surface area (Å²) in [6, 6.07) is 0. The third kappa shape index (κ3) is 20.0. The lowest BCUT2D eigenvalue weighted by molar-refractivity contribution is -0.135. The summed E-state index contributed by atoms with van der Waals surface area (Å²) in [5, 5.41) is 0. The van der Waals surface area contributed by atoms with Gasteiger partial charge in [-0.1, -0.05) is 132 Å². The number of rotatable bonds is 18. The zero-order valence-corrected chi connectivity index (χ0v) is 19.8. The average Bonchev–Trinajstić information content (AvgIpc) is 2.58. The van der Waals surface area contributed by atoms with Crippen molar-refractivity contribution in [3.05, 3.63) is 0 Å². The van der Waals surface area contributed by atoms with Crippen molar-refractivity contribution in [3.8, 4) is 0 Å². The van der Waals surface area contributed by atoms with E-state index in [1.54, 1.807) is 0 Å². The third-order valence-electron chi connectivity index (χ3n) is 5.38. The Morgan fingerprint density at radius 3 is 1.29 bits per heavy atom. The lowest BCUT2D eigenvalue weighted by Gasteiger charge is -2.24. The highest BCUT2D eigenvalue weighted by molar-refractivity contribution is 6.67. The molecule has 28 heavy (non-hydrogen) atoms. The summed E-state index contributed by atoms with van der Waals surface area (Å²) in [6.45, 7) is 2.22. The van der Waals surface area contributed by atoms with Crippen molar-refractivity contribution in [3.63, 3.8) is 0 Å². The maximum Gasteiger partial charge on any atom is 0.389 e. The molecule has 0 radical (unpaired) electrons. The second-order valence-corrected chi connectivity index (χ2v) is 10.5. The molecule has 0 fully saturated rings. The van der Waals surface area contributed by atoms with Gasteiger partial charge in [0, 0.05) is 12.3 Å². The highest BCUT2D eigenvalue weighted by Gasteiger charge is 2.31. The van der Waals surface area contributed by atoms with Crippen LogP contribution in [-0.4, -0.2) is 9.97 Å². The van der Waals surface area contributed by atoms with Gasteiger partial charge in [-0.05, 0) is 19.3 Å². The molecule has 6 heteroatoms. The van der Waals surface area contributed by atoms with E-state index in [1.807, 2.05) is 0 Å². The minimum atomic E-state index is -4.00. The predicted octanol–water partition coefficient (Wildman–Crippen LogP) is 10.6. The smallest absolute Gasteiger partial charge is 0.171 e. The Labute approximate surface area is 186 Å². The van der Waals surface area contributed by atoms with Gasteiger partial charge in [0.05, 0.1) is 0 Å². The molecular formula is C22H40Cl3F3. The first-order valence-corrected chi connectivity index (χ1v) is 12.4. The molecule has 0 saturated heterocycles. The van der Waals surface area contributed by atoms with Crippen molar-refractivity contribution in [2.75, 3.05) is 0 Å². The minimum Gasteiger partial charge on any atom is -0.171 e. The van der Waals surface area contributed by atoms with Crippen LogP contribution in [0.25, 0.3) is 0 Å². The number of hydrogen-bond donors (Lipinski definition) is 0. The van der Waals surface area contributed by atoms with Gasteiger partial charge in [-0.2, -0.15) is 13.2 Å². The topological polar surface area (TPSA) is 0 Å². The average molecular weight is 468 g/mol. The van der Waals surface area contributed by atoms with Crippen molar-refractivity contribution in [1.29, 1.82) is 0 Å².